The molecule has 144 valence electrons. The molecular weight excluding hydrogens is 324 g/mol. The molecule has 0 aliphatic heterocycles. The molecule has 26 heavy (non-hydrogen) atoms. The average molecular weight is 359 g/mol. The van der Waals surface area contributed by atoms with Gasteiger partial charge >= 0.3 is 5.63 Å². The van der Waals surface area contributed by atoms with Crippen LogP contribution in [0.3, 0.4) is 0 Å². The van der Waals surface area contributed by atoms with E-state index in [1.807, 2.05) is 6.07 Å². The van der Waals surface area contributed by atoms with E-state index in [-0.39, 0.29) is 5.75 Å². The number of fused-ring (bicyclic) bond motifs is 1. The van der Waals surface area contributed by atoms with Crippen molar-refractivity contribution in [2.24, 2.45) is 0 Å². The molecule has 1 aromatic heterocycles. The third-order valence-electron chi connectivity index (χ3n) is 5.16. The van der Waals surface area contributed by atoms with Gasteiger partial charge < -0.3 is 9.52 Å². The number of aromatic hydroxyl groups is 1. The van der Waals surface area contributed by atoms with Crippen molar-refractivity contribution in [2.45, 2.75) is 90.4 Å². The molecule has 0 atom stereocenters. The van der Waals surface area contributed by atoms with Gasteiger partial charge in [0.15, 0.2) is 0 Å². The molecular formula is C23H34O3. The van der Waals surface area contributed by atoms with Gasteiger partial charge in [0.1, 0.15) is 11.3 Å². The highest BCUT2D eigenvalue weighted by molar-refractivity contribution is 5.83. The molecule has 0 spiro atoms. The summed E-state index contributed by atoms with van der Waals surface area (Å²) in [4.78, 5) is 12.1. The zero-order valence-electron chi connectivity index (χ0n) is 16.3. The maximum absolute atomic E-state index is 12.1. The quantitative estimate of drug-likeness (QED) is 0.318. The molecule has 2 rings (SSSR count). The van der Waals surface area contributed by atoms with Crippen molar-refractivity contribution in [3.63, 3.8) is 0 Å². The maximum Gasteiger partial charge on any atom is 0.343 e. The number of para-hydroxylation sites is 1. The van der Waals surface area contributed by atoms with Crippen LogP contribution in [-0.2, 0) is 6.42 Å². The van der Waals surface area contributed by atoms with Crippen LogP contribution in [0, 0.1) is 0 Å². The van der Waals surface area contributed by atoms with E-state index in [2.05, 4.69) is 6.92 Å². The first-order valence-electron chi connectivity index (χ1n) is 10.5. The minimum Gasteiger partial charge on any atom is -0.507 e. The van der Waals surface area contributed by atoms with E-state index in [1.54, 1.807) is 18.2 Å². The van der Waals surface area contributed by atoms with Gasteiger partial charge in [0.25, 0.3) is 0 Å². The number of benzene rings is 1. The van der Waals surface area contributed by atoms with Gasteiger partial charge in [-0.2, -0.15) is 0 Å². The third-order valence-corrected chi connectivity index (χ3v) is 5.16. The van der Waals surface area contributed by atoms with E-state index in [4.69, 9.17) is 4.42 Å². The Morgan fingerprint density at radius 2 is 1.35 bits per heavy atom. The first kappa shape index (κ1) is 20.5. The molecule has 0 amide bonds. The summed E-state index contributed by atoms with van der Waals surface area (Å²) in [5, 5.41) is 11.0. The number of hydrogen-bond acceptors (Lipinski definition) is 3. The molecule has 0 unspecified atom stereocenters. The highest BCUT2D eigenvalue weighted by Gasteiger charge is 2.12. The Bertz CT molecular complexity index is 702. The summed E-state index contributed by atoms with van der Waals surface area (Å²) in [5.74, 6) is 0.0972. The fourth-order valence-corrected chi connectivity index (χ4v) is 3.54. The molecule has 0 fully saturated rings. The zero-order valence-corrected chi connectivity index (χ0v) is 16.3. The molecule has 2 aromatic rings. The predicted molar refractivity (Wildman–Crippen MR) is 109 cm³/mol. The molecule has 0 radical (unpaired) electrons. The Kier molecular flexibility index (Phi) is 9.30. The van der Waals surface area contributed by atoms with Gasteiger partial charge in [-0.25, -0.2) is 4.79 Å². The summed E-state index contributed by atoms with van der Waals surface area (Å²) in [5.41, 5.74) is 0.480. The van der Waals surface area contributed by atoms with Gasteiger partial charge in [0, 0.05) is 0 Å². The van der Waals surface area contributed by atoms with Gasteiger partial charge in [-0.15, -0.1) is 0 Å². The Hall–Kier alpha value is -1.77. The first-order valence-corrected chi connectivity index (χ1v) is 10.5. The lowest BCUT2D eigenvalue weighted by Gasteiger charge is -2.06. The second kappa shape index (κ2) is 11.8. The van der Waals surface area contributed by atoms with Crippen LogP contribution in [-0.4, -0.2) is 5.11 Å². The minimum atomic E-state index is -0.399. The van der Waals surface area contributed by atoms with Crippen LogP contribution in [0.4, 0.5) is 0 Å². The molecule has 0 bridgehead atoms. The van der Waals surface area contributed by atoms with E-state index in [0.29, 0.717) is 23.0 Å². The number of unbranched alkanes of at least 4 members (excludes halogenated alkanes) is 11. The summed E-state index contributed by atoms with van der Waals surface area (Å²) < 4.78 is 5.32. The van der Waals surface area contributed by atoms with Crippen molar-refractivity contribution in [3.05, 3.63) is 40.2 Å². The standard InChI is InChI=1S/C23H34O3/c1-2-3-4-5-6-7-8-9-10-11-12-13-17-20-22(24)19-16-14-15-18-21(19)26-23(20)25/h14-16,18,24H,2-13,17H2,1H3. The van der Waals surface area contributed by atoms with Crippen LogP contribution in [0.5, 0.6) is 5.75 Å². The number of hydrogen-bond donors (Lipinski definition) is 1. The molecule has 1 N–H and O–H groups in total. The highest BCUT2D eigenvalue weighted by Crippen LogP contribution is 2.27. The Labute approximate surface area is 157 Å². The van der Waals surface area contributed by atoms with Crippen molar-refractivity contribution in [1.82, 2.24) is 0 Å². The Balaban J connectivity index is 1.61. The lowest BCUT2D eigenvalue weighted by Crippen LogP contribution is -2.07. The summed E-state index contributed by atoms with van der Waals surface area (Å²) in [6, 6.07) is 7.15. The molecule has 0 saturated carbocycles. The van der Waals surface area contributed by atoms with Gasteiger partial charge in [-0.3, -0.25) is 0 Å². The van der Waals surface area contributed by atoms with Gasteiger partial charge in [-0.05, 0) is 25.0 Å². The second-order valence-corrected chi connectivity index (χ2v) is 7.35. The minimum absolute atomic E-state index is 0.0972. The largest absolute Gasteiger partial charge is 0.507 e. The van der Waals surface area contributed by atoms with Gasteiger partial charge in [0.05, 0.1) is 10.9 Å². The fraction of sp³-hybridized carbons (Fsp3) is 0.609. The van der Waals surface area contributed by atoms with Gasteiger partial charge in [0.2, 0.25) is 0 Å². The third kappa shape index (κ3) is 6.51. The summed E-state index contributed by atoms with van der Waals surface area (Å²) in [6.07, 6.45) is 16.0. The van der Waals surface area contributed by atoms with E-state index in [9.17, 15) is 9.90 Å². The van der Waals surface area contributed by atoms with Crippen LogP contribution in [0.2, 0.25) is 0 Å². The predicted octanol–water partition coefficient (Wildman–Crippen LogP) is 6.74. The topological polar surface area (TPSA) is 50.4 Å². The van der Waals surface area contributed by atoms with E-state index < -0.39 is 5.63 Å². The summed E-state index contributed by atoms with van der Waals surface area (Å²) >= 11 is 0. The zero-order chi connectivity index (χ0) is 18.6. The van der Waals surface area contributed by atoms with Gasteiger partial charge in [-0.1, -0.05) is 89.7 Å². The smallest absolute Gasteiger partial charge is 0.343 e. The highest BCUT2D eigenvalue weighted by atomic mass is 16.4. The number of rotatable bonds is 13. The van der Waals surface area contributed by atoms with Crippen molar-refractivity contribution in [1.29, 1.82) is 0 Å². The van der Waals surface area contributed by atoms with Crippen LogP contribution >= 0.6 is 0 Å². The Morgan fingerprint density at radius 3 is 1.96 bits per heavy atom. The van der Waals surface area contributed by atoms with Crippen molar-refractivity contribution >= 4 is 11.0 Å². The van der Waals surface area contributed by atoms with Crippen LogP contribution in [0.15, 0.2) is 33.5 Å². The molecule has 1 aromatic carbocycles. The van der Waals surface area contributed by atoms with E-state index in [0.717, 1.165) is 12.8 Å². The molecule has 3 nitrogen and oxygen atoms in total. The summed E-state index contributed by atoms with van der Waals surface area (Å²) in [6.45, 7) is 2.26. The SMILES string of the molecule is CCCCCCCCCCCCCCc1c(O)c2ccccc2oc1=O. The molecule has 0 aliphatic rings. The van der Waals surface area contributed by atoms with Crippen molar-refractivity contribution < 1.29 is 9.52 Å². The molecule has 3 heteroatoms. The van der Waals surface area contributed by atoms with Crippen LogP contribution in [0.1, 0.15) is 89.5 Å². The second-order valence-electron chi connectivity index (χ2n) is 7.35. The Morgan fingerprint density at radius 1 is 0.808 bits per heavy atom. The van der Waals surface area contributed by atoms with Crippen LogP contribution < -0.4 is 5.63 Å². The van der Waals surface area contributed by atoms with Crippen LogP contribution in [0.25, 0.3) is 11.0 Å². The van der Waals surface area contributed by atoms with Crippen molar-refractivity contribution in [2.75, 3.05) is 0 Å². The lowest BCUT2D eigenvalue weighted by atomic mass is 10.0. The molecule has 0 aliphatic carbocycles. The monoisotopic (exact) mass is 358 g/mol. The normalized spacial score (nSPS) is 11.3. The molecule has 1 heterocycles. The fourth-order valence-electron chi connectivity index (χ4n) is 3.54. The maximum atomic E-state index is 12.1. The average Bonchev–Trinajstić information content (AvgIpc) is 2.65. The van der Waals surface area contributed by atoms with Crippen molar-refractivity contribution in [3.8, 4) is 5.75 Å². The summed E-state index contributed by atoms with van der Waals surface area (Å²) in [7, 11) is 0. The molecule has 0 saturated heterocycles. The lowest BCUT2D eigenvalue weighted by molar-refractivity contribution is 0.453. The van der Waals surface area contributed by atoms with E-state index in [1.165, 1.54) is 64.2 Å². The van der Waals surface area contributed by atoms with E-state index >= 15 is 0 Å². The first-order chi connectivity index (χ1) is 12.7.